The number of hydrogen-bond acceptors (Lipinski definition) is 3. The summed E-state index contributed by atoms with van der Waals surface area (Å²) in [6.07, 6.45) is 2.83. The van der Waals surface area contributed by atoms with Crippen LogP contribution in [0.5, 0.6) is 0 Å². The highest BCUT2D eigenvalue weighted by molar-refractivity contribution is 5.75. The smallest absolute Gasteiger partial charge is 0.220 e. The van der Waals surface area contributed by atoms with Crippen LogP contribution < -0.4 is 5.32 Å². The third-order valence-electron chi connectivity index (χ3n) is 2.63. The molecule has 0 spiro atoms. The fourth-order valence-corrected chi connectivity index (χ4v) is 1.64. The second-order valence-corrected chi connectivity index (χ2v) is 4.16. The lowest BCUT2D eigenvalue weighted by molar-refractivity contribution is -0.122. The lowest BCUT2D eigenvalue weighted by atomic mass is 10.2. The van der Waals surface area contributed by atoms with E-state index >= 15 is 0 Å². The fraction of sp³-hybridized carbons (Fsp3) is 0.909. The minimum Gasteiger partial charge on any atom is -0.374 e. The van der Waals surface area contributed by atoms with Crippen molar-refractivity contribution >= 4 is 5.91 Å². The van der Waals surface area contributed by atoms with Gasteiger partial charge in [-0.05, 0) is 13.5 Å². The van der Waals surface area contributed by atoms with Gasteiger partial charge in [0.25, 0.3) is 0 Å². The predicted molar refractivity (Wildman–Crippen MR) is 59.8 cm³/mol. The van der Waals surface area contributed by atoms with Crippen molar-refractivity contribution < 1.29 is 9.53 Å². The molecular weight excluding hydrogens is 192 g/mol. The van der Waals surface area contributed by atoms with E-state index in [1.807, 2.05) is 0 Å². The minimum absolute atomic E-state index is 0.147. The molecule has 1 amide bonds. The van der Waals surface area contributed by atoms with Crippen molar-refractivity contribution in [2.45, 2.75) is 32.3 Å². The van der Waals surface area contributed by atoms with Crippen LogP contribution in [0, 0.1) is 0 Å². The highest BCUT2D eigenvalue weighted by Gasteiger charge is 2.17. The van der Waals surface area contributed by atoms with Crippen molar-refractivity contribution in [3.05, 3.63) is 0 Å². The number of rotatable bonds is 5. The number of amides is 1. The zero-order valence-electron chi connectivity index (χ0n) is 9.79. The quantitative estimate of drug-likeness (QED) is 0.729. The monoisotopic (exact) mass is 214 g/mol. The van der Waals surface area contributed by atoms with Gasteiger partial charge in [0.2, 0.25) is 5.91 Å². The second kappa shape index (κ2) is 6.80. The summed E-state index contributed by atoms with van der Waals surface area (Å²) in [6, 6.07) is 0. The highest BCUT2D eigenvalue weighted by atomic mass is 16.5. The van der Waals surface area contributed by atoms with E-state index in [-0.39, 0.29) is 12.0 Å². The average Bonchev–Trinajstić information content (AvgIpc) is 2.23. The van der Waals surface area contributed by atoms with Crippen LogP contribution in [-0.2, 0) is 9.53 Å². The maximum absolute atomic E-state index is 11.3. The third-order valence-corrected chi connectivity index (χ3v) is 2.63. The van der Waals surface area contributed by atoms with E-state index in [9.17, 15) is 4.79 Å². The Bertz CT molecular complexity index is 197. The fourth-order valence-electron chi connectivity index (χ4n) is 1.64. The zero-order chi connectivity index (χ0) is 11.1. The van der Waals surface area contributed by atoms with Gasteiger partial charge in [0.15, 0.2) is 0 Å². The Morgan fingerprint density at radius 2 is 2.40 bits per heavy atom. The van der Waals surface area contributed by atoms with Crippen LogP contribution in [0.4, 0.5) is 0 Å². The summed E-state index contributed by atoms with van der Waals surface area (Å²) in [4.78, 5) is 13.6. The largest absolute Gasteiger partial charge is 0.374 e. The number of morpholine rings is 1. The van der Waals surface area contributed by atoms with Crippen molar-refractivity contribution in [2.75, 3.05) is 33.3 Å². The van der Waals surface area contributed by atoms with Gasteiger partial charge >= 0.3 is 0 Å². The first-order valence-electron chi connectivity index (χ1n) is 5.79. The van der Waals surface area contributed by atoms with Gasteiger partial charge in [-0.2, -0.15) is 0 Å². The SMILES string of the molecule is CCCCC(=O)NCC1CN(C)CCO1. The summed E-state index contributed by atoms with van der Waals surface area (Å²) in [7, 11) is 2.08. The Labute approximate surface area is 92.0 Å². The Morgan fingerprint density at radius 1 is 1.60 bits per heavy atom. The molecule has 1 saturated heterocycles. The topological polar surface area (TPSA) is 41.6 Å². The van der Waals surface area contributed by atoms with Crippen molar-refractivity contribution in [1.82, 2.24) is 10.2 Å². The molecule has 0 radical (unpaired) electrons. The van der Waals surface area contributed by atoms with Gasteiger partial charge in [0.1, 0.15) is 0 Å². The first-order chi connectivity index (χ1) is 7.22. The van der Waals surface area contributed by atoms with Gasteiger partial charge < -0.3 is 15.0 Å². The summed E-state index contributed by atoms with van der Waals surface area (Å²) < 4.78 is 5.55. The third kappa shape index (κ3) is 5.14. The van der Waals surface area contributed by atoms with Crippen molar-refractivity contribution in [1.29, 1.82) is 0 Å². The number of carbonyl (C=O) groups is 1. The van der Waals surface area contributed by atoms with Crippen LogP contribution in [0.15, 0.2) is 0 Å². The van der Waals surface area contributed by atoms with Crippen molar-refractivity contribution in [3.8, 4) is 0 Å². The van der Waals surface area contributed by atoms with Crippen molar-refractivity contribution in [2.24, 2.45) is 0 Å². The molecule has 1 heterocycles. The molecule has 1 N–H and O–H groups in total. The van der Waals surface area contributed by atoms with E-state index in [1.165, 1.54) is 0 Å². The Hall–Kier alpha value is -0.610. The van der Waals surface area contributed by atoms with Crippen LogP contribution in [0.3, 0.4) is 0 Å². The van der Waals surface area contributed by atoms with Crippen LogP contribution >= 0.6 is 0 Å². The van der Waals surface area contributed by atoms with E-state index < -0.39 is 0 Å². The molecule has 1 aliphatic rings. The number of nitrogens with one attached hydrogen (secondary N) is 1. The molecule has 0 aliphatic carbocycles. The van der Waals surface area contributed by atoms with E-state index in [0.29, 0.717) is 13.0 Å². The Morgan fingerprint density at radius 3 is 3.07 bits per heavy atom. The molecule has 1 unspecified atom stereocenters. The summed E-state index contributed by atoms with van der Waals surface area (Å²) in [5.41, 5.74) is 0. The van der Waals surface area contributed by atoms with Gasteiger partial charge in [0.05, 0.1) is 12.7 Å². The van der Waals surface area contributed by atoms with E-state index in [4.69, 9.17) is 4.74 Å². The maximum atomic E-state index is 11.3. The summed E-state index contributed by atoms with van der Waals surface area (Å²) >= 11 is 0. The molecule has 4 heteroatoms. The molecule has 15 heavy (non-hydrogen) atoms. The first kappa shape index (κ1) is 12.5. The van der Waals surface area contributed by atoms with Gasteiger partial charge in [-0.1, -0.05) is 13.3 Å². The van der Waals surface area contributed by atoms with E-state index in [2.05, 4.69) is 24.2 Å². The lowest BCUT2D eigenvalue weighted by Gasteiger charge is -2.30. The molecule has 1 aliphatic heterocycles. The van der Waals surface area contributed by atoms with Crippen LogP contribution in [0.1, 0.15) is 26.2 Å². The predicted octanol–water partition coefficient (Wildman–Crippen LogP) is 0.623. The zero-order valence-corrected chi connectivity index (χ0v) is 9.79. The van der Waals surface area contributed by atoms with E-state index in [0.717, 1.165) is 32.5 Å². The number of ether oxygens (including phenoxy) is 1. The van der Waals surface area contributed by atoms with Gasteiger partial charge in [-0.3, -0.25) is 4.79 Å². The molecule has 0 aromatic carbocycles. The molecule has 4 nitrogen and oxygen atoms in total. The number of likely N-dealkylation sites (N-methyl/N-ethyl adjacent to an activating group) is 1. The summed E-state index contributed by atoms with van der Waals surface area (Å²) in [6.45, 7) is 5.40. The van der Waals surface area contributed by atoms with Crippen molar-refractivity contribution in [3.63, 3.8) is 0 Å². The minimum atomic E-state index is 0.147. The highest BCUT2D eigenvalue weighted by Crippen LogP contribution is 2.02. The molecule has 0 aromatic rings. The number of hydrogen-bond donors (Lipinski definition) is 1. The molecule has 88 valence electrons. The first-order valence-corrected chi connectivity index (χ1v) is 5.79. The number of unbranched alkanes of at least 4 members (excludes halogenated alkanes) is 1. The molecule has 0 bridgehead atoms. The summed E-state index contributed by atoms with van der Waals surface area (Å²) in [5, 5.41) is 2.92. The van der Waals surface area contributed by atoms with Gasteiger partial charge in [-0.15, -0.1) is 0 Å². The Balaban J connectivity index is 2.10. The van der Waals surface area contributed by atoms with Crippen LogP contribution in [0.25, 0.3) is 0 Å². The molecule has 0 saturated carbocycles. The average molecular weight is 214 g/mol. The lowest BCUT2D eigenvalue weighted by Crippen LogP contribution is -2.45. The normalized spacial score (nSPS) is 22.7. The van der Waals surface area contributed by atoms with E-state index in [1.54, 1.807) is 0 Å². The molecule has 1 fully saturated rings. The number of carbonyl (C=O) groups excluding carboxylic acids is 1. The second-order valence-electron chi connectivity index (χ2n) is 4.16. The molecule has 1 atom stereocenters. The molecule has 1 rings (SSSR count). The summed E-state index contributed by atoms with van der Waals surface area (Å²) in [5.74, 6) is 0.147. The van der Waals surface area contributed by atoms with Gasteiger partial charge in [0, 0.05) is 26.1 Å². The maximum Gasteiger partial charge on any atom is 0.220 e. The van der Waals surface area contributed by atoms with Crippen LogP contribution in [0.2, 0.25) is 0 Å². The van der Waals surface area contributed by atoms with Crippen LogP contribution in [-0.4, -0.2) is 50.2 Å². The Kier molecular flexibility index (Phi) is 5.65. The van der Waals surface area contributed by atoms with Gasteiger partial charge in [-0.25, -0.2) is 0 Å². The standard InChI is InChI=1S/C11H22N2O2/c1-3-4-5-11(14)12-8-10-9-13(2)6-7-15-10/h10H,3-9H2,1-2H3,(H,12,14). The molecular formula is C11H22N2O2. The molecule has 0 aromatic heterocycles. The number of nitrogens with zero attached hydrogens (tertiary/aromatic N) is 1.